The highest BCUT2D eigenvalue weighted by Gasteiger charge is 2.32. The predicted octanol–water partition coefficient (Wildman–Crippen LogP) is -0.563. The van der Waals surface area contributed by atoms with Crippen molar-refractivity contribution in [1.29, 1.82) is 0 Å². The SMILES string of the molecule is CN(C)CCNC(=O)C(C)(C)C(N)=NO. The Bertz CT molecular complexity index is 248. The Morgan fingerprint density at radius 3 is 2.47 bits per heavy atom. The molecule has 0 atom stereocenters. The Morgan fingerprint density at radius 2 is 2.07 bits per heavy atom. The van der Waals surface area contributed by atoms with Gasteiger partial charge in [-0.05, 0) is 27.9 Å². The number of carbonyl (C=O) groups is 1. The number of nitrogens with two attached hydrogens (primary N) is 1. The first-order valence-corrected chi connectivity index (χ1v) is 4.73. The van der Waals surface area contributed by atoms with E-state index in [1.54, 1.807) is 13.8 Å². The smallest absolute Gasteiger partial charge is 0.233 e. The quantitative estimate of drug-likeness (QED) is 0.248. The summed E-state index contributed by atoms with van der Waals surface area (Å²) < 4.78 is 0. The van der Waals surface area contributed by atoms with Crippen LogP contribution in [0.15, 0.2) is 5.16 Å². The van der Waals surface area contributed by atoms with Gasteiger partial charge in [-0.25, -0.2) is 0 Å². The molecule has 0 aliphatic carbocycles. The van der Waals surface area contributed by atoms with Crippen molar-refractivity contribution in [2.24, 2.45) is 16.3 Å². The van der Waals surface area contributed by atoms with Crippen LogP contribution in [-0.4, -0.2) is 49.0 Å². The van der Waals surface area contributed by atoms with E-state index in [1.165, 1.54) is 0 Å². The standard InChI is InChI=1S/C9H20N4O2/c1-9(2,7(10)12-15)8(14)11-5-6-13(3)4/h15H,5-6H2,1-4H3,(H2,10,12)(H,11,14). The van der Waals surface area contributed by atoms with Crippen LogP contribution in [-0.2, 0) is 4.79 Å². The Balaban J connectivity index is 4.21. The molecule has 4 N–H and O–H groups in total. The number of amidine groups is 1. The van der Waals surface area contributed by atoms with Gasteiger partial charge in [0.25, 0.3) is 0 Å². The zero-order chi connectivity index (χ0) is 12.1. The number of likely N-dealkylation sites (N-methyl/N-ethyl adjacent to an activating group) is 1. The number of oxime groups is 1. The lowest BCUT2D eigenvalue weighted by atomic mass is 9.91. The topological polar surface area (TPSA) is 91.0 Å². The molecular weight excluding hydrogens is 196 g/mol. The second-order valence-electron chi connectivity index (χ2n) is 4.17. The van der Waals surface area contributed by atoms with Gasteiger partial charge in [-0.3, -0.25) is 4.79 Å². The summed E-state index contributed by atoms with van der Waals surface area (Å²) in [5, 5.41) is 14.1. The number of nitrogens with zero attached hydrogens (tertiary/aromatic N) is 2. The molecule has 0 spiro atoms. The van der Waals surface area contributed by atoms with Crippen molar-refractivity contribution in [1.82, 2.24) is 10.2 Å². The fourth-order valence-electron chi connectivity index (χ4n) is 0.855. The first kappa shape index (κ1) is 13.7. The summed E-state index contributed by atoms with van der Waals surface area (Å²) >= 11 is 0. The Kier molecular flexibility index (Phi) is 5.07. The van der Waals surface area contributed by atoms with Gasteiger partial charge in [-0.1, -0.05) is 5.16 Å². The maximum absolute atomic E-state index is 11.6. The minimum Gasteiger partial charge on any atom is -0.409 e. The number of hydrogen-bond acceptors (Lipinski definition) is 4. The molecule has 0 aliphatic heterocycles. The van der Waals surface area contributed by atoms with Crippen LogP contribution >= 0.6 is 0 Å². The molecule has 6 nitrogen and oxygen atoms in total. The van der Waals surface area contributed by atoms with Gasteiger partial charge in [0.15, 0.2) is 5.84 Å². The maximum atomic E-state index is 11.6. The van der Waals surface area contributed by atoms with Gasteiger partial charge < -0.3 is 21.2 Å². The van der Waals surface area contributed by atoms with Crippen LogP contribution in [0.2, 0.25) is 0 Å². The van der Waals surface area contributed by atoms with Gasteiger partial charge in [0.1, 0.15) is 5.41 Å². The highest BCUT2D eigenvalue weighted by molar-refractivity contribution is 6.05. The highest BCUT2D eigenvalue weighted by atomic mass is 16.4. The zero-order valence-corrected chi connectivity index (χ0v) is 9.74. The molecule has 0 radical (unpaired) electrons. The maximum Gasteiger partial charge on any atom is 0.233 e. The first-order chi connectivity index (χ1) is 6.82. The van der Waals surface area contributed by atoms with Crippen LogP contribution in [0, 0.1) is 5.41 Å². The van der Waals surface area contributed by atoms with Gasteiger partial charge in [-0.2, -0.15) is 0 Å². The average molecular weight is 216 g/mol. The molecule has 15 heavy (non-hydrogen) atoms. The number of hydrogen-bond donors (Lipinski definition) is 3. The van der Waals surface area contributed by atoms with E-state index in [-0.39, 0.29) is 11.7 Å². The summed E-state index contributed by atoms with van der Waals surface area (Å²) in [7, 11) is 3.84. The minimum atomic E-state index is -0.985. The lowest BCUT2D eigenvalue weighted by Gasteiger charge is -2.22. The molecule has 0 aromatic carbocycles. The summed E-state index contributed by atoms with van der Waals surface area (Å²) in [6.45, 7) is 4.49. The molecule has 6 heteroatoms. The van der Waals surface area contributed by atoms with Crippen LogP contribution in [0.25, 0.3) is 0 Å². The summed E-state index contributed by atoms with van der Waals surface area (Å²) in [6.07, 6.45) is 0. The van der Waals surface area contributed by atoms with Crippen LogP contribution in [0.4, 0.5) is 0 Å². The van der Waals surface area contributed by atoms with E-state index in [9.17, 15) is 4.79 Å². The van der Waals surface area contributed by atoms with Crippen LogP contribution in [0.3, 0.4) is 0 Å². The molecule has 0 bridgehead atoms. The van der Waals surface area contributed by atoms with Crippen molar-refractivity contribution < 1.29 is 10.0 Å². The molecule has 0 saturated carbocycles. The number of nitrogens with one attached hydrogen (secondary N) is 1. The fraction of sp³-hybridized carbons (Fsp3) is 0.778. The molecule has 0 unspecified atom stereocenters. The molecule has 0 aliphatic rings. The third-order valence-electron chi connectivity index (χ3n) is 2.16. The van der Waals surface area contributed by atoms with E-state index in [0.29, 0.717) is 6.54 Å². The second kappa shape index (κ2) is 5.55. The third-order valence-corrected chi connectivity index (χ3v) is 2.16. The number of carbonyl (C=O) groups excluding carboxylic acids is 1. The summed E-state index contributed by atoms with van der Waals surface area (Å²) in [5.74, 6) is -0.343. The van der Waals surface area contributed by atoms with Gasteiger partial charge in [-0.15, -0.1) is 0 Å². The lowest BCUT2D eigenvalue weighted by Crippen LogP contribution is -2.47. The zero-order valence-electron chi connectivity index (χ0n) is 9.74. The van der Waals surface area contributed by atoms with Crippen molar-refractivity contribution in [2.45, 2.75) is 13.8 Å². The molecule has 0 aromatic heterocycles. The van der Waals surface area contributed by atoms with E-state index in [4.69, 9.17) is 10.9 Å². The Morgan fingerprint density at radius 1 is 1.53 bits per heavy atom. The molecule has 0 fully saturated rings. The van der Waals surface area contributed by atoms with E-state index in [2.05, 4.69) is 10.5 Å². The van der Waals surface area contributed by atoms with Crippen LogP contribution in [0.1, 0.15) is 13.8 Å². The lowest BCUT2D eigenvalue weighted by molar-refractivity contribution is -0.126. The summed E-state index contributed by atoms with van der Waals surface area (Å²) in [6, 6.07) is 0. The van der Waals surface area contributed by atoms with Crippen molar-refractivity contribution in [3.8, 4) is 0 Å². The van der Waals surface area contributed by atoms with Crippen molar-refractivity contribution in [3.05, 3.63) is 0 Å². The van der Waals surface area contributed by atoms with Gasteiger partial charge >= 0.3 is 0 Å². The fourth-order valence-corrected chi connectivity index (χ4v) is 0.855. The summed E-state index contributed by atoms with van der Waals surface area (Å²) in [4.78, 5) is 13.6. The van der Waals surface area contributed by atoms with Crippen molar-refractivity contribution >= 4 is 11.7 Å². The van der Waals surface area contributed by atoms with E-state index < -0.39 is 5.41 Å². The molecule has 88 valence electrons. The van der Waals surface area contributed by atoms with Gasteiger partial charge in [0.2, 0.25) is 5.91 Å². The van der Waals surface area contributed by atoms with Crippen molar-refractivity contribution in [3.63, 3.8) is 0 Å². The monoisotopic (exact) mass is 216 g/mol. The van der Waals surface area contributed by atoms with Crippen LogP contribution in [0.5, 0.6) is 0 Å². The highest BCUT2D eigenvalue weighted by Crippen LogP contribution is 2.14. The third kappa shape index (κ3) is 4.16. The van der Waals surface area contributed by atoms with Gasteiger partial charge in [0, 0.05) is 13.1 Å². The normalized spacial score (nSPS) is 13.0. The van der Waals surface area contributed by atoms with Gasteiger partial charge in [0.05, 0.1) is 0 Å². The van der Waals surface area contributed by atoms with E-state index in [0.717, 1.165) is 6.54 Å². The summed E-state index contributed by atoms with van der Waals surface area (Å²) in [5.41, 5.74) is 4.43. The predicted molar refractivity (Wildman–Crippen MR) is 58.8 cm³/mol. The Labute approximate surface area is 90.1 Å². The first-order valence-electron chi connectivity index (χ1n) is 4.73. The van der Waals surface area contributed by atoms with Crippen molar-refractivity contribution in [2.75, 3.05) is 27.2 Å². The van der Waals surface area contributed by atoms with E-state index in [1.807, 2.05) is 19.0 Å². The van der Waals surface area contributed by atoms with Crippen LogP contribution < -0.4 is 11.1 Å². The molecule has 0 saturated heterocycles. The molecule has 1 amide bonds. The molecule has 0 rings (SSSR count). The molecular formula is C9H20N4O2. The molecule has 0 heterocycles. The average Bonchev–Trinajstić information content (AvgIpc) is 2.15. The van der Waals surface area contributed by atoms with E-state index >= 15 is 0 Å². The second-order valence-corrected chi connectivity index (χ2v) is 4.17. The Hall–Kier alpha value is -1.30. The molecule has 0 aromatic rings. The largest absolute Gasteiger partial charge is 0.409 e. The minimum absolute atomic E-state index is 0.0927. The number of amides is 1. The number of rotatable bonds is 5.